The number of aryl methyl sites for hydroxylation is 1. The molecule has 3 heteroatoms. The third kappa shape index (κ3) is 2.45. The minimum absolute atomic E-state index is 0.352. The molecule has 3 N–H and O–H groups in total. The highest BCUT2D eigenvalue weighted by molar-refractivity contribution is 9.10. The molecular formula is C10H14BrNO. The van der Waals surface area contributed by atoms with Gasteiger partial charge in [-0.05, 0) is 42.6 Å². The fourth-order valence-corrected chi connectivity index (χ4v) is 1.94. The maximum atomic E-state index is 9.60. The summed E-state index contributed by atoms with van der Waals surface area (Å²) in [5.74, 6) is 0.352. The molecule has 0 amide bonds. The van der Waals surface area contributed by atoms with Crippen molar-refractivity contribution in [2.75, 3.05) is 6.54 Å². The summed E-state index contributed by atoms with van der Waals surface area (Å²) in [6, 6.07) is 3.75. The van der Waals surface area contributed by atoms with E-state index in [4.69, 9.17) is 5.73 Å². The number of phenolic OH excluding ortho intramolecular Hbond substituents is 1. The summed E-state index contributed by atoms with van der Waals surface area (Å²) < 4.78 is 1.05. The Morgan fingerprint density at radius 2 is 2.08 bits per heavy atom. The van der Waals surface area contributed by atoms with Gasteiger partial charge in [-0.1, -0.05) is 22.9 Å². The highest BCUT2D eigenvalue weighted by atomic mass is 79.9. The minimum Gasteiger partial charge on any atom is -0.508 e. The van der Waals surface area contributed by atoms with Crippen LogP contribution < -0.4 is 5.73 Å². The van der Waals surface area contributed by atoms with Crippen LogP contribution in [0.2, 0.25) is 0 Å². The van der Waals surface area contributed by atoms with Gasteiger partial charge >= 0.3 is 0 Å². The summed E-state index contributed by atoms with van der Waals surface area (Å²) in [5.41, 5.74) is 7.46. The Morgan fingerprint density at radius 1 is 1.38 bits per heavy atom. The smallest absolute Gasteiger partial charge is 0.119 e. The first-order chi connectivity index (χ1) is 6.19. The van der Waals surface area contributed by atoms with E-state index in [1.165, 1.54) is 0 Å². The average Bonchev–Trinajstić information content (AvgIpc) is 2.11. The quantitative estimate of drug-likeness (QED) is 0.856. The van der Waals surface area contributed by atoms with Gasteiger partial charge in [-0.3, -0.25) is 0 Å². The van der Waals surface area contributed by atoms with Crippen LogP contribution in [-0.2, 0) is 12.8 Å². The second kappa shape index (κ2) is 4.63. The van der Waals surface area contributed by atoms with E-state index < -0.39 is 0 Å². The zero-order valence-corrected chi connectivity index (χ0v) is 9.26. The van der Waals surface area contributed by atoms with Crippen molar-refractivity contribution in [2.45, 2.75) is 19.8 Å². The van der Waals surface area contributed by atoms with Crippen molar-refractivity contribution in [2.24, 2.45) is 5.73 Å². The summed E-state index contributed by atoms with van der Waals surface area (Å²) in [7, 11) is 0. The Bertz CT molecular complexity index is 299. The lowest BCUT2D eigenvalue weighted by molar-refractivity contribution is 0.467. The van der Waals surface area contributed by atoms with E-state index in [1.54, 1.807) is 6.07 Å². The molecule has 0 bridgehead atoms. The van der Waals surface area contributed by atoms with Crippen LogP contribution in [0, 0.1) is 0 Å². The van der Waals surface area contributed by atoms with Gasteiger partial charge in [0.15, 0.2) is 0 Å². The molecule has 0 saturated carbocycles. The molecule has 0 fully saturated rings. The number of halogens is 1. The first-order valence-electron chi connectivity index (χ1n) is 4.39. The second-order valence-electron chi connectivity index (χ2n) is 2.96. The van der Waals surface area contributed by atoms with Crippen molar-refractivity contribution in [3.05, 3.63) is 27.7 Å². The SMILES string of the molecule is CCc1cc(O)c(CCN)cc1Br. The molecular weight excluding hydrogens is 230 g/mol. The standard InChI is InChI=1S/C10H14BrNO/c1-2-7-6-10(13)8(3-4-12)5-9(7)11/h5-6,13H,2-4,12H2,1H3. The third-order valence-corrected chi connectivity index (χ3v) is 2.78. The predicted molar refractivity (Wildman–Crippen MR) is 57.9 cm³/mol. The zero-order chi connectivity index (χ0) is 9.84. The predicted octanol–water partition coefficient (Wildman–Crippen LogP) is 2.22. The Morgan fingerprint density at radius 3 is 2.62 bits per heavy atom. The van der Waals surface area contributed by atoms with Crippen molar-refractivity contribution in [1.82, 2.24) is 0 Å². The molecule has 0 heterocycles. The van der Waals surface area contributed by atoms with E-state index in [1.807, 2.05) is 6.07 Å². The van der Waals surface area contributed by atoms with Crippen molar-refractivity contribution in [1.29, 1.82) is 0 Å². The normalized spacial score (nSPS) is 10.4. The number of phenols is 1. The van der Waals surface area contributed by atoms with Gasteiger partial charge in [0.2, 0.25) is 0 Å². The average molecular weight is 244 g/mol. The van der Waals surface area contributed by atoms with Crippen LogP contribution in [-0.4, -0.2) is 11.7 Å². The van der Waals surface area contributed by atoms with Crippen LogP contribution in [0.4, 0.5) is 0 Å². The Hall–Kier alpha value is -0.540. The minimum atomic E-state index is 0.352. The molecule has 1 aromatic rings. The van der Waals surface area contributed by atoms with E-state index in [0.29, 0.717) is 18.7 Å². The number of hydrogen-bond donors (Lipinski definition) is 2. The van der Waals surface area contributed by atoms with Crippen LogP contribution in [0.25, 0.3) is 0 Å². The Kier molecular flexibility index (Phi) is 3.75. The molecule has 0 aliphatic carbocycles. The molecule has 0 aliphatic heterocycles. The first kappa shape index (κ1) is 10.5. The lowest BCUT2D eigenvalue weighted by Crippen LogP contribution is -2.03. The fourth-order valence-electron chi connectivity index (χ4n) is 1.27. The lowest BCUT2D eigenvalue weighted by Gasteiger charge is -2.07. The summed E-state index contributed by atoms with van der Waals surface area (Å²) in [5, 5.41) is 9.60. The van der Waals surface area contributed by atoms with Gasteiger partial charge in [0.05, 0.1) is 0 Å². The Labute approximate surface area is 86.9 Å². The van der Waals surface area contributed by atoms with E-state index >= 15 is 0 Å². The van der Waals surface area contributed by atoms with E-state index in [0.717, 1.165) is 22.0 Å². The molecule has 0 unspecified atom stereocenters. The molecule has 0 atom stereocenters. The number of hydrogen-bond acceptors (Lipinski definition) is 2. The van der Waals surface area contributed by atoms with Gasteiger partial charge in [-0.2, -0.15) is 0 Å². The fraction of sp³-hybridized carbons (Fsp3) is 0.400. The summed E-state index contributed by atoms with van der Waals surface area (Å²) in [6.07, 6.45) is 1.63. The summed E-state index contributed by atoms with van der Waals surface area (Å²) >= 11 is 3.46. The highest BCUT2D eigenvalue weighted by Crippen LogP contribution is 2.27. The highest BCUT2D eigenvalue weighted by Gasteiger charge is 2.05. The summed E-state index contributed by atoms with van der Waals surface area (Å²) in [6.45, 7) is 2.62. The van der Waals surface area contributed by atoms with Gasteiger partial charge in [0, 0.05) is 4.47 Å². The maximum Gasteiger partial charge on any atom is 0.119 e. The largest absolute Gasteiger partial charge is 0.508 e. The van der Waals surface area contributed by atoms with Crippen LogP contribution >= 0.6 is 15.9 Å². The molecule has 0 aliphatic rings. The van der Waals surface area contributed by atoms with Gasteiger partial charge in [0.1, 0.15) is 5.75 Å². The monoisotopic (exact) mass is 243 g/mol. The topological polar surface area (TPSA) is 46.2 Å². The van der Waals surface area contributed by atoms with Gasteiger partial charge in [-0.15, -0.1) is 0 Å². The zero-order valence-electron chi connectivity index (χ0n) is 7.68. The maximum absolute atomic E-state index is 9.60. The van der Waals surface area contributed by atoms with Gasteiger partial charge < -0.3 is 10.8 Å². The number of rotatable bonds is 3. The van der Waals surface area contributed by atoms with Gasteiger partial charge in [0.25, 0.3) is 0 Å². The van der Waals surface area contributed by atoms with Crippen LogP contribution in [0.1, 0.15) is 18.1 Å². The molecule has 13 heavy (non-hydrogen) atoms. The van der Waals surface area contributed by atoms with E-state index in [9.17, 15) is 5.11 Å². The van der Waals surface area contributed by atoms with Crippen molar-refractivity contribution >= 4 is 15.9 Å². The molecule has 2 nitrogen and oxygen atoms in total. The van der Waals surface area contributed by atoms with Crippen molar-refractivity contribution in [3.63, 3.8) is 0 Å². The van der Waals surface area contributed by atoms with Crippen LogP contribution in [0.5, 0.6) is 5.75 Å². The number of nitrogens with two attached hydrogens (primary N) is 1. The molecule has 0 spiro atoms. The number of benzene rings is 1. The summed E-state index contributed by atoms with van der Waals surface area (Å²) in [4.78, 5) is 0. The molecule has 0 saturated heterocycles. The van der Waals surface area contributed by atoms with Crippen LogP contribution in [0.15, 0.2) is 16.6 Å². The van der Waals surface area contributed by atoms with E-state index in [-0.39, 0.29) is 0 Å². The van der Waals surface area contributed by atoms with Crippen LogP contribution in [0.3, 0.4) is 0 Å². The lowest BCUT2D eigenvalue weighted by atomic mass is 10.1. The Balaban J connectivity index is 3.05. The van der Waals surface area contributed by atoms with Crippen molar-refractivity contribution < 1.29 is 5.11 Å². The van der Waals surface area contributed by atoms with E-state index in [2.05, 4.69) is 22.9 Å². The molecule has 0 radical (unpaired) electrons. The number of aromatic hydroxyl groups is 1. The van der Waals surface area contributed by atoms with Gasteiger partial charge in [-0.25, -0.2) is 0 Å². The molecule has 72 valence electrons. The second-order valence-corrected chi connectivity index (χ2v) is 3.82. The first-order valence-corrected chi connectivity index (χ1v) is 5.18. The molecule has 0 aromatic heterocycles. The van der Waals surface area contributed by atoms with Crippen molar-refractivity contribution in [3.8, 4) is 5.75 Å². The third-order valence-electron chi connectivity index (χ3n) is 2.04. The molecule has 1 rings (SSSR count). The molecule has 1 aromatic carbocycles.